The Balaban J connectivity index is 1.48. The zero-order chi connectivity index (χ0) is 29.6. The van der Waals surface area contributed by atoms with Gasteiger partial charge in [-0.2, -0.15) is 0 Å². The number of unbranched alkanes of at least 4 members (excludes halogenated alkanes) is 5. The molecular formula is C33H42O8. The van der Waals surface area contributed by atoms with E-state index in [2.05, 4.69) is 43.4 Å². The Morgan fingerprint density at radius 3 is 2.07 bits per heavy atom. The standard InChI is InChI=1S/C33H42O8/c1-2-3-4-5-6-7-8-9-10-11-12-13-14-15-16-17-31(38)40-30-22-25-26(35)20-24(34)21-29(25)41-33(30)23-18-27(36)32(39)28(37)19-23/h6-7,9-10,12-13,18-21,30,33-37,39H,2-5,8,11,14-17,22H2,1H3/b7-6+,10-9+,13-12+/t30-,33-/m1/s1. The average molecular weight is 567 g/mol. The Morgan fingerprint density at radius 1 is 0.829 bits per heavy atom. The molecule has 3 rings (SSSR count). The molecule has 0 fully saturated rings. The van der Waals surface area contributed by atoms with E-state index in [-0.39, 0.29) is 35.7 Å². The number of benzene rings is 2. The highest BCUT2D eigenvalue weighted by molar-refractivity contribution is 5.70. The van der Waals surface area contributed by atoms with E-state index in [0.717, 1.165) is 32.1 Å². The van der Waals surface area contributed by atoms with Crippen LogP contribution in [0.25, 0.3) is 0 Å². The van der Waals surface area contributed by atoms with Crippen molar-refractivity contribution in [2.24, 2.45) is 0 Å². The molecule has 0 aliphatic carbocycles. The molecule has 2 aromatic carbocycles. The molecule has 0 saturated heterocycles. The van der Waals surface area contributed by atoms with Crippen molar-refractivity contribution < 1.29 is 39.8 Å². The van der Waals surface area contributed by atoms with Crippen molar-refractivity contribution in [1.29, 1.82) is 0 Å². The van der Waals surface area contributed by atoms with Crippen molar-refractivity contribution in [3.63, 3.8) is 0 Å². The summed E-state index contributed by atoms with van der Waals surface area (Å²) in [5.74, 6) is -2.45. The van der Waals surface area contributed by atoms with Gasteiger partial charge in [-0.25, -0.2) is 0 Å². The highest BCUT2D eigenvalue weighted by Gasteiger charge is 2.37. The van der Waals surface area contributed by atoms with Crippen LogP contribution >= 0.6 is 0 Å². The number of esters is 1. The Hall–Kier alpha value is -4.07. The number of rotatable bonds is 15. The number of carbonyl (C=O) groups excluding carboxylic acids is 1. The van der Waals surface area contributed by atoms with Crippen molar-refractivity contribution in [3.05, 3.63) is 71.8 Å². The van der Waals surface area contributed by atoms with Gasteiger partial charge < -0.3 is 35.0 Å². The number of phenolic OH excluding ortho intramolecular Hbond substituents is 5. The van der Waals surface area contributed by atoms with E-state index in [1.54, 1.807) is 0 Å². The molecule has 1 aliphatic rings. The van der Waals surface area contributed by atoms with Crippen molar-refractivity contribution in [1.82, 2.24) is 0 Å². The second-order valence-corrected chi connectivity index (χ2v) is 10.2. The van der Waals surface area contributed by atoms with Crippen LogP contribution in [0.1, 0.15) is 88.4 Å². The number of carbonyl (C=O) groups is 1. The summed E-state index contributed by atoms with van der Waals surface area (Å²) in [6.45, 7) is 2.21. The summed E-state index contributed by atoms with van der Waals surface area (Å²) in [6.07, 6.45) is 20.5. The van der Waals surface area contributed by atoms with Crippen molar-refractivity contribution >= 4 is 5.97 Å². The first-order chi connectivity index (χ1) is 19.8. The van der Waals surface area contributed by atoms with Crippen LogP contribution in [0.3, 0.4) is 0 Å². The summed E-state index contributed by atoms with van der Waals surface area (Å²) in [6, 6.07) is 4.92. The van der Waals surface area contributed by atoms with Gasteiger partial charge in [-0.3, -0.25) is 4.79 Å². The van der Waals surface area contributed by atoms with Crippen LogP contribution < -0.4 is 4.74 Å². The fraction of sp³-hybridized carbons (Fsp3) is 0.424. The molecule has 5 N–H and O–H groups in total. The van der Waals surface area contributed by atoms with E-state index >= 15 is 0 Å². The number of hydrogen-bond acceptors (Lipinski definition) is 8. The lowest BCUT2D eigenvalue weighted by atomic mass is 9.93. The number of fused-ring (bicyclic) bond motifs is 1. The maximum atomic E-state index is 12.7. The molecule has 41 heavy (non-hydrogen) atoms. The van der Waals surface area contributed by atoms with Crippen LogP contribution in [-0.4, -0.2) is 37.6 Å². The molecule has 1 aliphatic heterocycles. The first-order valence-electron chi connectivity index (χ1n) is 14.4. The Kier molecular flexibility index (Phi) is 12.5. The Bertz CT molecular complexity index is 1210. The maximum Gasteiger partial charge on any atom is 0.306 e. The fourth-order valence-electron chi connectivity index (χ4n) is 4.67. The molecule has 8 heteroatoms. The molecule has 0 spiro atoms. The summed E-state index contributed by atoms with van der Waals surface area (Å²) < 4.78 is 11.7. The number of ether oxygens (including phenoxy) is 2. The Labute approximate surface area is 241 Å². The summed E-state index contributed by atoms with van der Waals surface area (Å²) in [5.41, 5.74) is 0.623. The normalized spacial score (nSPS) is 16.8. The minimum atomic E-state index is -0.961. The van der Waals surface area contributed by atoms with E-state index in [9.17, 15) is 30.3 Å². The molecule has 222 valence electrons. The van der Waals surface area contributed by atoms with Gasteiger partial charge in [-0.05, 0) is 57.1 Å². The maximum absolute atomic E-state index is 12.7. The molecule has 0 radical (unpaired) electrons. The molecule has 0 bridgehead atoms. The molecule has 0 unspecified atom stereocenters. The van der Waals surface area contributed by atoms with E-state index < -0.39 is 35.4 Å². The number of hydrogen-bond donors (Lipinski definition) is 5. The minimum absolute atomic E-state index is 0.0884. The molecule has 0 saturated carbocycles. The summed E-state index contributed by atoms with van der Waals surface area (Å²) in [7, 11) is 0. The SMILES string of the molecule is CCCCC/C=C/C/C=C/C/C=C/CCCCC(=O)O[C@@H]1Cc2c(O)cc(O)cc2O[C@@H]1c1cc(O)c(O)c(O)c1. The monoisotopic (exact) mass is 566 g/mol. The van der Waals surface area contributed by atoms with Gasteiger partial charge in [0, 0.05) is 36.1 Å². The first-order valence-corrected chi connectivity index (χ1v) is 14.4. The predicted molar refractivity (Wildman–Crippen MR) is 157 cm³/mol. The van der Waals surface area contributed by atoms with E-state index in [0.29, 0.717) is 12.0 Å². The topological polar surface area (TPSA) is 137 Å². The van der Waals surface area contributed by atoms with E-state index in [4.69, 9.17) is 9.47 Å². The average Bonchev–Trinajstić information content (AvgIpc) is 2.93. The summed E-state index contributed by atoms with van der Waals surface area (Å²) in [5, 5.41) is 49.9. The molecule has 0 amide bonds. The minimum Gasteiger partial charge on any atom is -0.508 e. The lowest BCUT2D eigenvalue weighted by molar-refractivity contribution is -0.155. The van der Waals surface area contributed by atoms with Gasteiger partial charge in [0.05, 0.1) is 0 Å². The second kappa shape index (κ2) is 16.3. The molecule has 0 aromatic heterocycles. The van der Waals surface area contributed by atoms with Crippen LogP contribution in [0.5, 0.6) is 34.5 Å². The van der Waals surface area contributed by atoms with Gasteiger partial charge in [-0.15, -0.1) is 0 Å². The van der Waals surface area contributed by atoms with Gasteiger partial charge in [-0.1, -0.05) is 56.2 Å². The molecule has 8 nitrogen and oxygen atoms in total. The summed E-state index contributed by atoms with van der Waals surface area (Å²) >= 11 is 0. The third kappa shape index (κ3) is 9.81. The van der Waals surface area contributed by atoms with Crippen LogP contribution in [0.2, 0.25) is 0 Å². The zero-order valence-electron chi connectivity index (χ0n) is 23.7. The van der Waals surface area contributed by atoms with Gasteiger partial charge in [0.25, 0.3) is 0 Å². The molecule has 2 aromatic rings. The van der Waals surface area contributed by atoms with Crippen molar-refractivity contribution in [2.45, 2.75) is 89.8 Å². The highest BCUT2D eigenvalue weighted by atomic mass is 16.6. The van der Waals surface area contributed by atoms with Gasteiger partial charge >= 0.3 is 5.97 Å². The highest BCUT2D eigenvalue weighted by Crippen LogP contribution is 2.45. The van der Waals surface area contributed by atoms with Gasteiger partial charge in [0.1, 0.15) is 23.4 Å². The third-order valence-corrected chi connectivity index (χ3v) is 6.89. The van der Waals surface area contributed by atoms with Crippen LogP contribution in [-0.2, 0) is 16.0 Å². The smallest absolute Gasteiger partial charge is 0.306 e. The van der Waals surface area contributed by atoms with Crippen molar-refractivity contribution in [3.8, 4) is 34.5 Å². The quantitative estimate of drug-likeness (QED) is 0.0651. The van der Waals surface area contributed by atoms with Gasteiger partial charge in [0.2, 0.25) is 0 Å². The molecular weight excluding hydrogens is 524 g/mol. The number of phenols is 5. The number of allylic oxidation sites excluding steroid dienone is 6. The molecule has 1 heterocycles. The number of aromatic hydroxyl groups is 5. The first kappa shape index (κ1) is 31.5. The van der Waals surface area contributed by atoms with Crippen LogP contribution in [0.4, 0.5) is 0 Å². The largest absolute Gasteiger partial charge is 0.508 e. The third-order valence-electron chi connectivity index (χ3n) is 6.89. The van der Waals surface area contributed by atoms with Gasteiger partial charge in [0.15, 0.2) is 23.4 Å². The predicted octanol–water partition coefficient (Wildman–Crippen LogP) is 7.39. The summed E-state index contributed by atoms with van der Waals surface area (Å²) in [4.78, 5) is 12.7. The lowest BCUT2D eigenvalue weighted by Gasteiger charge is -2.34. The Morgan fingerprint density at radius 2 is 1.44 bits per heavy atom. The van der Waals surface area contributed by atoms with Crippen LogP contribution in [0, 0.1) is 0 Å². The van der Waals surface area contributed by atoms with E-state index in [1.807, 2.05) is 0 Å². The second-order valence-electron chi connectivity index (χ2n) is 10.2. The molecule has 2 atom stereocenters. The van der Waals surface area contributed by atoms with Crippen molar-refractivity contribution in [2.75, 3.05) is 0 Å². The van der Waals surface area contributed by atoms with E-state index in [1.165, 1.54) is 43.5 Å². The lowest BCUT2D eigenvalue weighted by Crippen LogP contribution is -2.34. The van der Waals surface area contributed by atoms with Crippen LogP contribution in [0.15, 0.2) is 60.7 Å². The fourth-order valence-corrected chi connectivity index (χ4v) is 4.67. The zero-order valence-corrected chi connectivity index (χ0v) is 23.7.